The SMILES string of the molecule is CC(=CC(=O)O)CN1CCCCC1CO. The first-order chi connectivity index (χ1) is 7.13. The Kier molecular flexibility index (Phi) is 4.78. The van der Waals surface area contributed by atoms with E-state index in [0.717, 1.165) is 31.4 Å². The lowest BCUT2D eigenvalue weighted by Crippen LogP contribution is -2.42. The number of aliphatic hydroxyl groups excluding tert-OH is 1. The molecule has 2 N–H and O–H groups in total. The Morgan fingerprint density at radius 3 is 2.87 bits per heavy atom. The molecule has 0 amide bonds. The molecule has 1 aliphatic heterocycles. The minimum absolute atomic E-state index is 0.167. The van der Waals surface area contributed by atoms with Crippen LogP contribution in [0.4, 0.5) is 0 Å². The lowest BCUT2D eigenvalue weighted by atomic mass is 10.0. The molecule has 0 spiro atoms. The first-order valence-electron chi connectivity index (χ1n) is 5.38. The third-order valence-corrected chi connectivity index (χ3v) is 2.78. The number of rotatable bonds is 4. The summed E-state index contributed by atoms with van der Waals surface area (Å²) < 4.78 is 0. The van der Waals surface area contributed by atoms with Crippen LogP contribution in [0.3, 0.4) is 0 Å². The maximum Gasteiger partial charge on any atom is 0.328 e. The zero-order valence-electron chi connectivity index (χ0n) is 9.15. The van der Waals surface area contributed by atoms with Crippen molar-refractivity contribution in [1.82, 2.24) is 4.90 Å². The van der Waals surface area contributed by atoms with Crippen LogP contribution in [0.1, 0.15) is 26.2 Å². The van der Waals surface area contributed by atoms with E-state index in [2.05, 4.69) is 4.90 Å². The van der Waals surface area contributed by atoms with Gasteiger partial charge in [-0.25, -0.2) is 4.79 Å². The molecule has 0 aromatic heterocycles. The van der Waals surface area contributed by atoms with Gasteiger partial charge in [0.25, 0.3) is 0 Å². The zero-order chi connectivity index (χ0) is 11.3. The molecule has 1 heterocycles. The summed E-state index contributed by atoms with van der Waals surface area (Å²) in [6.45, 7) is 3.59. The molecule has 1 atom stereocenters. The molecule has 4 nitrogen and oxygen atoms in total. The van der Waals surface area contributed by atoms with Crippen molar-refractivity contribution < 1.29 is 15.0 Å². The number of carboxylic acids is 1. The van der Waals surface area contributed by atoms with E-state index in [1.165, 1.54) is 6.08 Å². The number of piperidine rings is 1. The lowest BCUT2D eigenvalue weighted by Gasteiger charge is -2.34. The molecule has 4 heteroatoms. The van der Waals surface area contributed by atoms with E-state index in [9.17, 15) is 9.90 Å². The van der Waals surface area contributed by atoms with Gasteiger partial charge < -0.3 is 10.2 Å². The van der Waals surface area contributed by atoms with Gasteiger partial charge in [-0.3, -0.25) is 4.90 Å². The van der Waals surface area contributed by atoms with Crippen molar-refractivity contribution in [2.24, 2.45) is 0 Å². The van der Waals surface area contributed by atoms with E-state index in [1.807, 2.05) is 6.92 Å². The van der Waals surface area contributed by atoms with Crippen molar-refractivity contribution in [1.29, 1.82) is 0 Å². The quantitative estimate of drug-likeness (QED) is 0.680. The second kappa shape index (κ2) is 5.88. The highest BCUT2D eigenvalue weighted by Crippen LogP contribution is 2.17. The van der Waals surface area contributed by atoms with Gasteiger partial charge in [0, 0.05) is 18.7 Å². The van der Waals surface area contributed by atoms with Crippen molar-refractivity contribution in [2.45, 2.75) is 32.2 Å². The Hall–Kier alpha value is -0.870. The molecular formula is C11H19NO3. The van der Waals surface area contributed by atoms with E-state index in [1.54, 1.807) is 0 Å². The van der Waals surface area contributed by atoms with E-state index in [0.29, 0.717) is 6.54 Å². The highest BCUT2D eigenvalue weighted by atomic mass is 16.4. The van der Waals surface area contributed by atoms with Gasteiger partial charge in [0.15, 0.2) is 0 Å². The summed E-state index contributed by atoms with van der Waals surface area (Å²) in [5, 5.41) is 17.8. The number of hydrogen-bond acceptors (Lipinski definition) is 3. The van der Waals surface area contributed by atoms with Crippen molar-refractivity contribution in [3.8, 4) is 0 Å². The highest BCUT2D eigenvalue weighted by Gasteiger charge is 2.21. The number of carbonyl (C=O) groups is 1. The minimum atomic E-state index is -0.898. The number of hydrogen-bond donors (Lipinski definition) is 2. The average molecular weight is 213 g/mol. The Morgan fingerprint density at radius 1 is 1.53 bits per heavy atom. The van der Waals surface area contributed by atoms with Gasteiger partial charge in [-0.15, -0.1) is 0 Å². The smallest absolute Gasteiger partial charge is 0.328 e. The predicted molar refractivity (Wildman–Crippen MR) is 57.7 cm³/mol. The molecule has 0 radical (unpaired) electrons. The summed E-state index contributed by atoms with van der Waals surface area (Å²) in [4.78, 5) is 12.6. The van der Waals surface area contributed by atoms with E-state index in [4.69, 9.17) is 5.11 Å². The fourth-order valence-corrected chi connectivity index (χ4v) is 2.05. The first-order valence-corrected chi connectivity index (χ1v) is 5.38. The third-order valence-electron chi connectivity index (χ3n) is 2.78. The number of aliphatic hydroxyl groups is 1. The normalized spacial score (nSPS) is 24.1. The molecule has 1 saturated heterocycles. The van der Waals surface area contributed by atoms with Gasteiger partial charge in [0.1, 0.15) is 0 Å². The molecule has 1 unspecified atom stereocenters. The molecule has 0 saturated carbocycles. The second-order valence-electron chi connectivity index (χ2n) is 4.13. The number of carboxylic acid groups (broad SMARTS) is 1. The fraction of sp³-hybridized carbons (Fsp3) is 0.727. The summed E-state index contributed by atoms with van der Waals surface area (Å²) in [5.41, 5.74) is 0.836. The van der Waals surface area contributed by atoms with Gasteiger partial charge >= 0.3 is 5.97 Å². The summed E-state index contributed by atoms with van der Waals surface area (Å²) in [6, 6.07) is 0.205. The molecule has 0 aromatic rings. The summed E-state index contributed by atoms with van der Waals surface area (Å²) in [6.07, 6.45) is 4.54. The average Bonchev–Trinajstić information content (AvgIpc) is 2.17. The molecular weight excluding hydrogens is 194 g/mol. The van der Waals surface area contributed by atoms with E-state index >= 15 is 0 Å². The van der Waals surface area contributed by atoms with Crippen LogP contribution in [-0.4, -0.2) is 46.8 Å². The van der Waals surface area contributed by atoms with Gasteiger partial charge in [-0.1, -0.05) is 12.0 Å². The number of aliphatic carboxylic acids is 1. The molecule has 0 aromatic carbocycles. The maximum atomic E-state index is 10.5. The van der Waals surface area contributed by atoms with Crippen molar-refractivity contribution >= 4 is 5.97 Å². The number of nitrogens with zero attached hydrogens (tertiary/aromatic N) is 1. The zero-order valence-corrected chi connectivity index (χ0v) is 9.15. The lowest BCUT2D eigenvalue weighted by molar-refractivity contribution is -0.131. The Balaban J connectivity index is 2.51. The van der Waals surface area contributed by atoms with Crippen molar-refractivity contribution in [3.63, 3.8) is 0 Å². The Morgan fingerprint density at radius 2 is 2.27 bits per heavy atom. The second-order valence-corrected chi connectivity index (χ2v) is 4.13. The Labute approximate surface area is 90.2 Å². The molecule has 1 fully saturated rings. The summed E-state index contributed by atoms with van der Waals surface area (Å²) in [5.74, 6) is -0.898. The molecule has 15 heavy (non-hydrogen) atoms. The summed E-state index contributed by atoms with van der Waals surface area (Å²) in [7, 11) is 0. The van der Waals surface area contributed by atoms with Crippen LogP contribution >= 0.6 is 0 Å². The number of likely N-dealkylation sites (tertiary alicyclic amines) is 1. The van der Waals surface area contributed by atoms with Crippen LogP contribution in [0, 0.1) is 0 Å². The maximum absolute atomic E-state index is 10.5. The van der Waals surface area contributed by atoms with Gasteiger partial charge in [0.2, 0.25) is 0 Å². The third kappa shape index (κ3) is 4.01. The van der Waals surface area contributed by atoms with Crippen LogP contribution in [0.25, 0.3) is 0 Å². The fourth-order valence-electron chi connectivity index (χ4n) is 2.05. The molecule has 1 rings (SSSR count). The van der Waals surface area contributed by atoms with Gasteiger partial charge in [-0.05, 0) is 26.3 Å². The monoisotopic (exact) mass is 213 g/mol. The van der Waals surface area contributed by atoms with Crippen molar-refractivity contribution in [3.05, 3.63) is 11.6 Å². The topological polar surface area (TPSA) is 60.8 Å². The first kappa shape index (κ1) is 12.2. The van der Waals surface area contributed by atoms with Gasteiger partial charge in [-0.2, -0.15) is 0 Å². The predicted octanol–water partition coefficient (Wildman–Crippen LogP) is 0.864. The van der Waals surface area contributed by atoms with E-state index in [-0.39, 0.29) is 12.6 Å². The minimum Gasteiger partial charge on any atom is -0.478 e. The van der Waals surface area contributed by atoms with Crippen molar-refractivity contribution in [2.75, 3.05) is 19.7 Å². The Bertz CT molecular complexity index is 250. The standard InChI is InChI=1S/C11H19NO3/c1-9(6-11(14)15)7-12-5-3-2-4-10(12)8-13/h6,10,13H,2-5,7-8H2,1H3,(H,14,15). The molecule has 0 bridgehead atoms. The molecule has 1 aliphatic rings. The summed E-state index contributed by atoms with van der Waals surface area (Å²) >= 11 is 0. The van der Waals surface area contributed by atoms with Crippen LogP contribution in [0.5, 0.6) is 0 Å². The highest BCUT2D eigenvalue weighted by molar-refractivity contribution is 5.80. The molecule has 0 aliphatic carbocycles. The molecule has 86 valence electrons. The van der Waals surface area contributed by atoms with Crippen LogP contribution in [0.15, 0.2) is 11.6 Å². The van der Waals surface area contributed by atoms with Gasteiger partial charge in [0.05, 0.1) is 6.61 Å². The van der Waals surface area contributed by atoms with Crippen LogP contribution < -0.4 is 0 Å². The van der Waals surface area contributed by atoms with Crippen LogP contribution in [-0.2, 0) is 4.79 Å². The largest absolute Gasteiger partial charge is 0.478 e. The van der Waals surface area contributed by atoms with Crippen LogP contribution in [0.2, 0.25) is 0 Å². The van der Waals surface area contributed by atoms with E-state index < -0.39 is 5.97 Å².